The summed E-state index contributed by atoms with van der Waals surface area (Å²) >= 11 is 0. The first-order valence-corrected chi connectivity index (χ1v) is 17.9. The van der Waals surface area contributed by atoms with Crippen LogP contribution >= 0.6 is 0 Å². The van der Waals surface area contributed by atoms with Crippen molar-refractivity contribution in [2.75, 3.05) is 39.5 Å². The number of carbonyl (C=O) groups excluding carboxylic acids is 9. The molecule has 6 atom stereocenters. The van der Waals surface area contributed by atoms with Gasteiger partial charge in [0.1, 0.15) is 42.0 Å². The number of benzene rings is 1. The standard InChI is InChI=1S/C34H52N10O15/c1-16(2)7-19(30(54)43-24(15-47)33(57)42-21(34(58)59)8-17-3-5-18(48)6-4-17)41-32(56)23(14-46)44-31(55)22(13-45)40-28(52)12-37-27(51)11-38-29(53)20(9-25(36)49)39-26(50)10-35/h3-6,16,19-24,45-48H,7-15,35H2,1-2H3,(H2,36,49)(H,37,51)(H,38,53)(H,39,50)(H,40,52)(H,41,56)(H,42,57)(H,43,54)(H,44,55)(H,58,59)/t19-,20-,21-,22-,23-,24-/m0/s1. The Balaban J connectivity index is 2.84. The largest absolute Gasteiger partial charge is 0.508 e. The lowest BCUT2D eigenvalue weighted by atomic mass is 10.0. The van der Waals surface area contributed by atoms with Crippen LogP contribution in [-0.4, -0.2) is 160 Å². The molecule has 0 saturated carbocycles. The molecule has 9 amide bonds. The normalized spacial score (nSPS) is 13.8. The molecule has 0 aliphatic heterocycles. The summed E-state index contributed by atoms with van der Waals surface area (Å²) in [5.74, 6) is -10.8. The first kappa shape index (κ1) is 50.6. The minimum absolute atomic E-state index is 0.0639. The summed E-state index contributed by atoms with van der Waals surface area (Å²) in [4.78, 5) is 124. The van der Waals surface area contributed by atoms with Gasteiger partial charge in [-0.1, -0.05) is 26.0 Å². The van der Waals surface area contributed by atoms with Gasteiger partial charge < -0.3 is 79.5 Å². The van der Waals surface area contributed by atoms with Gasteiger partial charge in [-0.25, -0.2) is 4.79 Å². The van der Waals surface area contributed by atoms with Crippen LogP contribution in [0.3, 0.4) is 0 Å². The Morgan fingerprint density at radius 3 is 1.47 bits per heavy atom. The van der Waals surface area contributed by atoms with Gasteiger partial charge in [-0.15, -0.1) is 0 Å². The third kappa shape index (κ3) is 19.0. The molecule has 1 aromatic carbocycles. The van der Waals surface area contributed by atoms with Crippen molar-refractivity contribution in [2.45, 2.75) is 69.4 Å². The molecule has 0 radical (unpaired) electrons. The maximum absolute atomic E-state index is 13.3. The Kier molecular flexibility index (Phi) is 22.1. The molecule has 0 spiro atoms. The number of phenols is 1. The number of primary amides is 1. The lowest BCUT2D eigenvalue weighted by Crippen LogP contribution is -2.60. The fraction of sp³-hybridized carbons (Fsp3) is 0.529. The number of hydrogen-bond donors (Lipinski definition) is 15. The van der Waals surface area contributed by atoms with Gasteiger partial charge >= 0.3 is 5.97 Å². The number of aliphatic hydroxyl groups excluding tert-OH is 3. The van der Waals surface area contributed by atoms with Crippen molar-refractivity contribution >= 4 is 59.1 Å². The minimum Gasteiger partial charge on any atom is -0.508 e. The number of amides is 9. The van der Waals surface area contributed by atoms with Gasteiger partial charge in [-0.3, -0.25) is 43.2 Å². The van der Waals surface area contributed by atoms with Gasteiger partial charge in [0.05, 0.1) is 45.9 Å². The first-order chi connectivity index (χ1) is 27.7. The monoisotopic (exact) mass is 840 g/mol. The maximum atomic E-state index is 13.3. The zero-order valence-corrected chi connectivity index (χ0v) is 32.2. The number of nitrogens with two attached hydrogens (primary N) is 2. The van der Waals surface area contributed by atoms with Crippen molar-refractivity contribution in [1.29, 1.82) is 0 Å². The van der Waals surface area contributed by atoms with E-state index in [9.17, 15) is 73.5 Å². The summed E-state index contributed by atoms with van der Waals surface area (Å²) in [7, 11) is 0. The SMILES string of the molecule is CC(C)C[C@H](NC(=O)[C@H](CO)NC(=O)[C@H](CO)NC(=O)CNC(=O)CNC(=O)[C@H](CC(N)=O)NC(=O)CN)C(=O)N[C@@H](CO)C(=O)N[C@@H](Cc1ccc(O)cc1)C(=O)O. The summed E-state index contributed by atoms with van der Waals surface area (Å²) in [5.41, 5.74) is 10.7. The minimum atomic E-state index is -1.76. The quantitative estimate of drug-likeness (QED) is 0.0412. The van der Waals surface area contributed by atoms with Crippen molar-refractivity contribution in [3.05, 3.63) is 29.8 Å². The Hall–Kier alpha value is -6.44. The predicted molar refractivity (Wildman–Crippen MR) is 201 cm³/mol. The van der Waals surface area contributed by atoms with Crippen molar-refractivity contribution in [3.63, 3.8) is 0 Å². The van der Waals surface area contributed by atoms with Gasteiger partial charge in [0.2, 0.25) is 53.2 Å². The molecule has 1 rings (SSSR count). The van der Waals surface area contributed by atoms with E-state index >= 15 is 0 Å². The van der Waals surface area contributed by atoms with Gasteiger partial charge in [0, 0.05) is 6.42 Å². The molecule has 17 N–H and O–H groups in total. The van der Waals surface area contributed by atoms with E-state index in [0.29, 0.717) is 5.56 Å². The highest BCUT2D eigenvalue weighted by Crippen LogP contribution is 2.12. The molecule has 0 aliphatic carbocycles. The number of aliphatic carboxylic acids is 1. The van der Waals surface area contributed by atoms with E-state index in [2.05, 4.69) is 42.5 Å². The fourth-order valence-corrected chi connectivity index (χ4v) is 4.88. The van der Waals surface area contributed by atoms with Crippen LogP contribution in [0.25, 0.3) is 0 Å². The van der Waals surface area contributed by atoms with E-state index < -0.39 is 141 Å². The number of hydrogen-bond acceptors (Lipinski definition) is 15. The number of carboxylic acid groups (broad SMARTS) is 1. The highest BCUT2D eigenvalue weighted by atomic mass is 16.4. The highest BCUT2D eigenvalue weighted by molar-refractivity contribution is 5.97. The molecule has 0 fully saturated rings. The Morgan fingerprint density at radius 1 is 0.576 bits per heavy atom. The van der Waals surface area contributed by atoms with E-state index in [1.807, 2.05) is 0 Å². The molecule has 0 bridgehead atoms. The molecule has 25 nitrogen and oxygen atoms in total. The van der Waals surface area contributed by atoms with Crippen LogP contribution in [0.2, 0.25) is 0 Å². The zero-order chi connectivity index (χ0) is 44.8. The van der Waals surface area contributed by atoms with Gasteiger partial charge in [0.25, 0.3) is 0 Å². The molecule has 1 aromatic rings. The van der Waals surface area contributed by atoms with Crippen LogP contribution in [0.1, 0.15) is 32.3 Å². The highest BCUT2D eigenvalue weighted by Gasteiger charge is 2.33. The van der Waals surface area contributed by atoms with Crippen LogP contribution in [0, 0.1) is 5.92 Å². The van der Waals surface area contributed by atoms with Crippen LogP contribution in [0.15, 0.2) is 24.3 Å². The molecule has 59 heavy (non-hydrogen) atoms. The molecular weight excluding hydrogens is 788 g/mol. The van der Waals surface area contributed by atoms with Gasteiger partial charge in [0.15, 0.2) is 0 Å². The second-order valence-electron chi connectivity index (χ2n) is 13.2. The molecule has 0 aromatic heterocycles. The van der Waals surface area contributed by atoms with Crippen molar-refractivity contribution < 1.29 is 73.5 Å². The molecule has 0 heterocycles. The second kappa shape index (κ2) is 25.7. The van der Waals surface area contributed by atoms with E-state index in [4.69, 9.17) is 11.5 Å². The topological polar surface area (TPSA) is 420 Å². The summed E-state index contributed by atoms with van der Waals surface area (Å²) in [6.07, 6.45) is -0.882. The zero-order valence-electron chi connectivity index (χ0n) is 32.2. The average Bonchev–Trinajstić information content (AvgIpc) is 3.18. The third-order valence-corrected chi connectivity index (χ3v) is 7.91. The van der Waals surface area contributed by atoms with Crippen LogP contribution in [0.4, 0.5) is 0 Å². The van der Waals surface area contributed by atoms with E-state index in [1.54, 1.807) is 13.8 Å². The van der Waals surface area contributed by atoms with Crippen LogP contribution in [0.5, 0.6) is 5.75 Å². The molecule has 0 unspecified atom stereocenters. The number of nitrogens with one attached hydrogen (secondary N) is 8. The summed E-state index contributed by atoms with van der Waals surface area (Å²) < 4.78 is 0. The van der Waals surface area contributed by atoms with Crippen molar-refractivity contribution in [3.8, 4) is 5.75 Å². The number of aliphatic hydroxyl groups is 3. The summed E-state index contributed by atoms with van der Waals surface area (Å²) in [6.45, 7) is -1.72. The molecule has 328 valence electrons. The number of rotatable bonds is 26. The van der Waals surface area contributed by atoms with Gasteiger partial charge in [-0.2, -0.15) is 0 Å². The van der Waals surface area contributed by atoms with Crippen LogP contribution in [-0.2, 0) is 54.4 Å². The van der Waals surface area contributed by atoms with Crippen LogP contribution < -0.4 is 54.0 Å². The second-order valence-corrected chi connectivity index (χ2v) is 13.2. The number of carbonyl (C=O) groups is 10. The van der Waals surface area contributed by atoms with E-state index in [1.165, 1.54) is 24.3 Å². The van der Waals surface area contributed by atoms with Crippen molar-refractivity contribution in [2.24, 2.45) is 17.4 Å². The molecule has 0 aliphatic rings. The summed E-state index contributed by atoms with van der Waals surface area (Å²) in [6, 6.07) is -4.05. The number of carboxylic acids is 1. The Bertz CT molecular complexity index is 1660. The lowest BCUT2D eigenvalue weighted by Gasteiger charge is -2.26. The smallest absolute Gasteiger partial charge is 0.326 e. The Morgan fingerprint density at radius 2 is 1.02 bits per heavy atom. The van der Waals surface area contributed by atoms with E-state index in [-0.39, 0.29) is 24.5 Å². The number of phenolic OH excluding ortho intramolecular Hbond substituents is 1. The number of aromatic hydroxyl groups is 1. The van der Waals surface area contributed by atoms with Gasteiger partial charge in [-0.05, 0) is 30.0 Å². The van der Waals surface area contributed by atoms with Crippen molar-refractivity contribution in [1.82, 2.24) is 42.5 Å². The lowest BCUT2D eigenvalue weighted by molar-refractivity contribution is -0.142. The predicted octanol–water partition coefficient (Wildman–Crippen LogP) is -7.98. The average molecular weight is 841 g/mol. The van der Waals surface area contributed by atoms with E-state index in [0.717, 1.165) is 0 Å². The molecule has 0 saturated heterocycles. The summed E-state index contributed by atoms with van der Waals surface area (Å²) in [5, 5.41) is 65.9. The first-order valence-electron chi connectivity index (χ1n) is 17.9. The Labute approximate surface area is 336 Å². The molecule has 25 heteroatoms. The fourth-order valence-electron chi connectivity index (χ4n) is 4.88. The molecular formula is C34H52N10O15. The third-order valence-electron chi connectivity index (χ3n) is 7.91. The maximum Gasteiger partial charge on any atom is 0.326 e.